The first-order valence-corrected chi connectivity index (χ1v) is 11.5. The third-order valence-corrected chi connectivity index (χ3v) is 6.80. The Balaban J connectivity index is 1.72. The van der Waals surface area contributed by atoms with Gasteiger partial charge in [0, 0.05) is 6.54 Å². The number of aryl methyl sites for hydroxylation is 2. The zero-order valence-corrected chi connectivity index (χ0v) is 17.8. The second kappa shape index (κ2) is 8.46. The number of sulfonamides is 1. The van der Waals surface area contributed by atoms with Crippen molar-refractivity contribution in [1.82, 2.24) is 9.29 Å². The molecule has 0 amide bonds. The summed E-state index contributed by atoms with van der Waals surface area (Å²) in [6, 6.07) is 12.0. The fourth-order valence-corrected chi connectivity index (χ4v) is 5.16. The van der Waals surface area contributed by atoms with Crippen molar-refractivity contribution < 1.29 is 13.2 Å². The second-order valence-corrected chi connectivity index (χ2v) is 9.50. The maximum Gasteiger partial charge on any atom is 0.308 e. The number of benzene rings is 2. The highest BCUT2D eigenvalue weighted by atomic mass is 32.2. The van der Waals surface area contributed by atoms with Crippen LogP contribution in [0.2, 0.25) is 0 Å². The zero-order valence-electron chi connectivity index (χ0n) is 16.1. The molecule has 1 aromatic heterocycles. The summed E-state index contributed by atoms with van der Waals surface area (Å²) in [5.41, 5.74) is 1.90. The minimum Gasteiger partial charge on any atom is -0.492 e. The Kier molecular flexibility index (Phi) is 6.22. The number of ether oxygens (including phenoxy) is 1. The van der Waals surface area contributed by atoms with Gasteiger partial charge in [0.15, 0.2) is 0 Å². The van der Waals surface area contributed by atoms with Crippen molar-refractivity contribution >= 4 is 31.6 Å². The van der Waals surface area contributed by atoms with E-state index in [-0.39, 0.29) is 16.4 Å². The van der Waals surface area contributed by atoms with E-state index in [1.807, 2.05) is 38.1 Å². The predicted octanol–water partition coefficient (Wildman–Crippen LogP) is 3.53. The number of fused-ring (bicyclic) bond motifs is 1. The van der Waals surface area contributed by atoms with E-state index in [1.54, 1.807) is 23.6 Å². The number of rotatable bonds is 8. The van der Waals surface area contributed by atoms with Crippen LogP contribution in [0.5, 0.6) is 5.75 Å². The van der Waals surface area contributed by atoms with E-state index in [4.69, 9.17) is 4.74 Å². The van der Waals surface area contributed by atoms with Gasteiger partial charge in [0.25, 0.3) is 0 Å². The number of aromatic nitrogens is 1. The Bertz CT molecular complexity index is 1120. The lowest BCUT2D eigenvalue weighted by Gasteiger charge is -2.15. The molecule has 150 valence electrons. The Morgan fingerprint density at radius 1 is 1.18 bits per heavy atom. The van der Waals surface area contributed by atoms with E-state index in [0.717, 1.165) is 28.8 Å². The highest BCUT2D eigenvalue weighted by Crippen LogP contribution is 2.22. The molecule has 0 aliphatic rings. The Hall–Kier alpha value is -2.16. The molecule has 2 aromatic carbocycles. The summed E-state index contributed by atoms with van der Waals surface area (Å²) in [5, 5.41) is 0. The summed E-state index contributed by atoms with van der Waals surface area (Å²) >= 11 is 1.07. The lowest BCUT2D eigenvalue weighted by atomic mass is 10.2. The van der Waals surface area contributed by atoms with Crippen LogP contribution >= 0.6 is 11.3 Å². The van der Waals surface area contributed by atoms with Crippen LogP contribution in [0.4, 0.5) is 0 Å². The first-order valence-electron chi connectivity index (χ1n) is 9.15. The first-order chi connectivity index (χ1) is 13.3. The van der Waals surface area contributed by atoms with Crippen molar-refractivity contribution in [1.29, 1.82) is 0 Å². The van der Waals surface area contributed by atoms with Crippen LogP contribution in [-0.4, -0.2) is 25.6 Å². The highest BCUT2D eigenvalue weighted by Gasteiger charge is 2.19. The maximum absolute atomic E-state index is 12.7. The lowest BCUT2D eigenvalue weighted by Crippen LogP contribution is -2.36. The third-order valence-electron chi connectivity index (χ3n) is 4.27. The van der Waals surface area contributed by atoms with Gasteiger partial charge in [-0.05, 0) is 50.6 Å². The van der Waals surface area contributed by atoms with Crippen molar-refractivity contribution in [2.45, 2.75) is 44.7 Å². The van der Waals surface area contributed by atoms with Crippen molar-refractivity contribution in [2.24, 2.45) is 0 Å². The van der Waals surface area contributed by atoms with Crippen molar-refractivity contribution in [3.05, 3.63) is 57.7 Å². The van der Waals surface area contributed by atoms with Gasteiger partial charge in [-0.25, -0.2) is 13.1 Å². The molecule has 0 saturated carbocycles. The Morgan fingerprint density at radius 2 is 1.89 bits per heavy atom. The summed E-state index contributed by atoms with van der Waals surface area (Å²) in [6.45, 7) is 6.57. The van der Waals surface area contributed by atoms with Gasteiger partial charge in [0.05, 0.1) is 21.2 Å². The minimum atomic E-state index is -3.71. The van der Waals surface area contributed by atoms with Crippen LogP contribution in [0, 0.1) is 6.92 Å². The topological polar surface area (TPSA) is 77.4 Å². The molecule has 3 aromatic rings. The van der Waals surface area contributed by atoms with E-state index in [1.165, 1.54) is 6.07 Å². The van der Waals surface area contributed by atoms with E-state index in [2.05, 4.69) is 4.72 Å². The van der Waals surface area contributed by atoms with E-state index in [9.17, 15) is 13.2 Å². The SMILES string of the molecule is CCCn1c(=O)sc2cc(S(=O)(=O)N[C@H](C)COc3ccc(C)cc3)ccc21. The van der Waals surface area contributed by atoms with Gasteiger partial charge >= 0.3 is 4.87 Å². The first kappa shape index (κ1) is 20.6. The molecule has 0 radical (unpaired) electrons. The van der Waals surface area contributed by atoms with Gasteiger partial charge in [-0.2, -0.15) is 0 Å². The molecule has 1 heterocycles. The van der Waals surface area contributed by atoms with Crippen molar-refractivity contribution in [3.63, 3.8) is 0 Å². The molecule has 0 bridgehead atoms. The van der Waals surface area contributed by atoms with Gasteiger partial charge in [-0.3, -0.25) is 9.36 Å². The smallest absolute Gasteiger partial charge is 0.308 e. The minimum absolute atomic E-state index is 0.0702. The molecule has 0 fully saturated rings. The molecular formula is C20H24N2O4S2. The summed E-state index contributed by atoms with van der Waals surface area (Å²) in [7, 11) is -3.71. The number of nitrogens with one attached hydrogen (secondary N) is 1. The molecule has 0 aliphatic heterocycles. The molecule has 8 heteroatoms. The van der Waals surface area contributed by atoms with E-state index >= 15 is 0 Å². The predicted molar refractivity (Wildman–Crippen MR) is 113 cm³/mol. The molecule has 3 rings (SSSR count). The normalized spacial score (nSPS) is 13.0. The van der Waals surface area contributed by atoms with Crippen LogP contribution in [0.1, 0.15) is 25.8 Å². The Morgan fingerprint density at radius 3 is 2.57 bits per heavy atom. The molecule has 0 aliphatic carbocycles. The van der Waals surface area contributed by atoms with Crippen molar-refractivity contribution in [2.75, 3.05) is 6.61 Å². The number of hydrogen-bond acceptors (Lipinski definition) is 5. The fourth-order valence-electron chi connectivity index (χ4n) is 2.87. The Labute approximate surface area is 168 Å². The van der Waals surface area contributed by atoms with Gasteiger partial charge in [-0.15, -0.1) is 0 Å². The van der Waals surface area contributed by atoms with Crippen LogP contribution < -0.4 is 14.3 Å². The molecule has 1 atom stereocenters. The molecule has 0 spiro atoms. The van der Waals surface area contributed by atoms with Gasteiger partial charge in [0.2, 0.25) is 10.0 Å². The van der Waals surface area contributed by atoms with Crippen LogP contribution in [-0.2, 0) is 16.6 Å². The van der Waals surface area contributed by atoms with Gasteiger partial charge in [0.1, 0.15) is 12.4 Å². The molecule has 6 nitrogen and oxygen atoms in total. The summed E-state index contributed by atoms with van der Waals surface area (Å²) in [6.07, 6.45) is 0.839. The largest absolute Gasteiger partial charge is 0.492 e. The fraction of sp³-hybridized carbons (Fsp3) is 0.350. The number of nitrogens with zero attached hydrogens (tertiary/aromatic N) is 1. The van der Waals surface area contributed by atoms with Crippen molar-refractivity contribution in [3.8, 4) is 5.75 Å². The maximum atomic E-state index is 12.7. The average molecular weight is 421 g/mol. The average Bonchev–Trinajstić information content (AvgIpc) is 2.96. The lowest BCUT2D eigenvalue weighted by molar-refractivity contribution is 0.287. The molecule has 28 heavy (non-hydrogen) atoms. The van der Waals surface area contributed by atoms with Crippen LogP contribution in [0.25, 0.3) is 10.2 Å². The molecule has 1 N–H and O–H groups in total. The summed E-state index contributed by atoms with van der Waals surface area (Å²) in [4.78, 5) is 12.2. The highest BCUT2D eigenvalue weighted by molar-refractivity contribution is 7.89. The van der Waals surface area contributed by atoms with Crippen LogP contribution in [0.15, 0.2) is 52.2 Å². The number of thiazole rings is 1. The van der Waals surface area contributed by atoms with Gasteiger partial charge < -0.3 is 4.74 Å². The molecule has 0 saturated heterocycles. The van der Waals surface area contributed by atoms with E-state index < -0.39 is 16.1 Å². The second-order valence-electron chi connectivity index (χ2n) is 6.80. The van der Waals surface area contributed by atoms with E-state index in [0.29, 0.717) is 17.0 Å². The molecular weight excluding hydrogens is 396 g/mol. The van der Waals surface area contributed by atoms with Gasteiger partial charge in [-0.1, -0.05) is 36.0 Å². The summed E-state index contributed by atoms with van der Waals surface area (Å²) < 4.78 is 36.1. The third kappa shape index (κ3) is 4.63. The zero-order chi connectivity index (χ0) is 20.3. The summed E-state index contributed by atoms with van der Waals surface area (Å²) in [5.74, 6) is 0.695. The quantitative estimate of drug-likeness (QED) is 0.605. The van der Waals surface area contributed by atoms with Crippen LogP contribution in [0.3, 0.4) is 0 Å². The standard InChI is InChI=1S/C20H24N2O4S2/c1-4-11-22-18-10-9-17(12-19(18)27-20(22)23)28(24,25)21-15(3)13-26-16-7-5-14(2)6-8-16/h5-10,12,15,21H,4,11,13H2,1-3H3/t15-/m1/s1. The molecule has 0 unspecified atom stereocenters. The number of hydrogen-bond donors (Lipinski definition) is 1. The monoisotopic (exact) mass is 420 g/mol.